The molecule has 0 saturated heterocycles. The van der Waals surface area contributed by atoms with E-state index in [1.165, 1.54) is 0 Å². The van der Waals surface area contributed by atoms with E-state index in [2.05, 4.69) is 27.8 Å². The molecule has 0 unspecified atom stereocenters. The number of halogens is 2. The molecule has 3 heteroatoms. The molecule has 0 heterocycles. The van der Waals surface area contributed by atoms with Crippen molar-refractivity contribution in [2.45, 2.75) is 0 Å². The Labute approximate surface area is 90.2 Å². The van der Waals surface area contributed by atoms with Crippen molar-refractivity contribution in [1.29, 1.82) is 0 Å². The first-order valence-corrected chi connectivity index (χ1v) is 5.07. The van der Waals surface area contributed by atoms with E-state index in [9.17, 15) is 4.79 Å². The smallest absolute Gasteiger partial charge is 0.151 e. The summed E-state index contributed by atoms with van der Waals surface area (Å²) in [4.78, 5) is 10.5. The largest absolute Gasteiger partial charge is 0.298 e. The number of alkyl halides is 1. The molecule has 1 nitrogen and oxygen atoms in total. The maximum atomic E-state index is 10.5. The van der Waals surface area contributed by atoms with Crippen LogP contribution in [0.15, 0.2) is 18.2 Å². The lowest BCUT2D eigenvalue weighted by atomic mass is 10.1. The molecule has 0 saturated carbocycles. The van der Waals surface area contributed by atoms with Gasteiger partial charge in [0.05, 0.1) is 10.4 Å². The molecule has 0 bridgehead atoms. The van der Waals surface area contributed by atoms with Gasteiger partial charge in [0.2, 0.25) is 0 Å². The molecular formula is C10H6BrClO. The van der Waals surface area contributed by atoms with Crippen LogP contribution in [0, 0.1) is 11.8 Å². The van der Waals surface area contributed by atoms with Crippen molar-refractivity contribution in [2.24, 2.45) is 0 Å². The Bertz CT molecular complexity index is 376. The molecule has 1 aromatic rings. The average Bonchev–Trinajstić information content (AvgIpc) is 2.16. The highest BCUT2D eigenvalue weighted by atomic mass is 79.9. The van der Waals surface area contributed by atoms with Crippen LogP contribution in [0.1, 0.15) is 15.9 Å². The number of carbonyl (C=O) groups is 1. The fraction of sp³-hybridized carbons (Fsp3) is 0.100. The second-order valence-corrected chi connectivity index (χ2v) is 3.26. The standard InChI is InChI=1S/C10H6BrClO/c11-5-1-2-8-3-4-10(12)9(6-8)7-13/h3-4,6-7H,5H2. The van der Waals surface area contributed by atoms with Gasteiger partial charge in [0.25, 0.3) is 0 Å². The highest BCUT2D eigenvalue weighted by molar-refractivity contribution is 9.09. The summed E-state index contributed by atoms with van der Waals surface area (Å²) in [7, 11) is 0. The van der Waals surface area contributed by atoms with E-state index in [1.54, 1.807) is 18.2 Å². The number of benzene rings is 1. The molecular weight excluding hydrogens is 251 g/mol. The highest BCUT2D eigenvalue weighted by Crippen LogP contribution is 2.14. The Morgan fingerprint density at radius 3 is 2.92 bits per heavy atom. The van der Waals surface area contributed by atoms with E-state index in [-0.39, 0.29) is 0 Å². The predicted molar refractivity (Wildman–Crippen MR) is 57.5 cm³/mol. The summed E-state index contributed by atoms with van der Waals surface area (Å²) in [5.41, 5.74) is 1.27. The molecule has 0 aliphatic rings. The van der Waals surface area contributed by atoms with Crippen LogP contribution in [0.25, 0.3) is 0 Å². The zero-order valence-corrected chi connectivity index (χ0v) is 9.02. The van der Waals surface area contributed by atoms with Gasteiger partial charge in [0.15, 0.2) is 6.29 Å². The summed E-state index contributed by atoms with van der Waals surface area (Å²) in [6, 6.07) is 5.12. The van der Waals surface area contributed by atoms with Crippen LogP contribution in [0.5, 0.6) is 0 Å². The topological polar surface area (TPSA) is 17.1 Å². The van der Waals surface area contributed by atoms with Gasteiger partial charge >= 0.3 is 0 Å². The Balaban J connectivity index is 3.06. The Morgan fingerprint density at radius 1 is 1.54 bits per heavy atom. The van der Waals surface area contributed by atoms with Crippen LogP contribution >= 0.6 is 27.5 Å². The average molecular weight is 258 g/mol. The third-order valence-electron chi connectivity index (χ3n) is 1.42. The monoisotopic (exact) mass is 256 g/mol. The fourth-order valence-corrected chi connectivity index (χ4v) is 1.15. The minimum atomic E-state index is 0.458. The lowest BCUT2D eigenvalue weighted by Crippen LogP contribution is -1.83. The Morgan fingerprint density at radius 2 is 2.31 bits per heavy atom. The van der Waals surface area contributed by atoms with Gasteiger partial charge < -0.3 is 0 Å². The van der Waals surface area contributed by atoms with Gasteiger partial charge in [-0.2, -0.15) is 0 Å². The van der Waals surface area contributed by atoms with E-state index >= 15 is 0 Å². The Kier molecular flexibility index (Phi) is 4.01. The molecule has 13 heavy (non-hydrogen) atoms. The summed E-state index contributed by atoms with van der Waals surface area (Å²) in [5, 5.41) is 1.07. The molecule has 0 aliphatic heterocycles. The van der Waals surface area contributed by atoms with E-state index in [0.717, 1.165) is 11.8 Å². The third kappa shape index (κ3) is 2.87. The van der Waals surface area contributed by atoms with Crippen molar-refractivity contribution < 1.29 is 4.79 Å². The quantitative estimate of drug-likeness (QED) is 0.429. The van der Waals surface area contributed by atoms with Crippen LogP contribution in [-0.2, 0) is 0 Å². The van der Waals surface area contributed by atoms with Crippen molar-refractivity contribution >= 4 is 33.8 Å². The van der Waals surface area contributed by atoms with E-state index in [0.29, 0.717) is 15.9 Å². The van der Waals surface area contributed by atoms with Gasteiger partial charge in [0, 0.05) is 11.1 Å². The molecule has 0 radical (unpaired) electrons. The molecule has 0 aromatic heterocycles. The second-order valence-electron chi connectivity index (χ2n) is 2.29. The van der Waals surface area contributed by atoms with Gasteiger partial charge in [-0.1, -0.05) is 39.4 Å². The van der Waals surface area contributed by atoms with Crippen molar-refractivity contribution in [3.8, 4) is 11.8 Å². The van der Waals surface area contributed by atoms with E-state index < -0.39 is 0 Å². The van der Waals surface area contributed by atoms with Crippen LogP contribution < -0.4 is 0 Å². The van der Waals surface area contributed by atoms with Crippen molar-refractivity contribution in [3.63, 3.8) is 0 Å². The van der Waals surface area contributed by atoms with Gasteiger partial charge in [-0.15, -0.1) is 0 Å². The zero-order chi connectivity index (χ0) is 9.68. The maximum absolute atomic E-state index is 10.5. The molecule has 1 rings (SSSR count). The van der Waals surface area contributed by atoms with Crippen LogP contribution in [0.4, 0.5) is 0 Å². The molecule has 0 amide bonds. The number of hydrogen-bond donors (Lipinski definition) is 0. The molecule has 0 atom stereocenters. The first kappa shape index (κ1) is 10.3. The zero-order valence-electron chi connectivity index (χ0n) is 6.68. The summed E-state index contributed by atoms with van der Waals surface area (Å²) in [6.07, 6.45) is 0.724. The maximum Gasteiger partial charge on any atom is 0.151 e. The predicted octanol–water partition coefficient (Wildman–Crippen LogP) is 2.90. The molecule has 0 fully saturated rings. The molecule has 66 valence electrons. The van der Waals surface area contributed by atoms with Crippen molar-refractivity contribution in [2.75, 3.05) is 5.33 Å². The lowest BCUT2D eigenvalue weighted by Gasteiger charge is -1.95. The number of aldehydes is 1. The number of carbonyl (C=O) groups excluding carboxylic acids is 1. The molecule has 0 spiro atoms. The summed E-state index contributed by atoms with van der Waals surface area (Å²) in [6.45, 7) is 0. The second kappa shape index (κ2) is 5.06. The van der Waals surface area contributed by atoms with Gasteiger partial charge in [-0.05, 0) is 18.2 Å². The fourth-order valence-electron chi connectivity index (χ4n) is 0.847. The van der Waals surface area contributed by atoms with Crippen molar-refractivity contribution in [3.05, 3.63) is 34.3 Å². The summed E-state index contributed by atoms with van der Waals surface area (Å²) < 4.78 is 0. The molecule has 0 N–H and O–H groups in total. The lowest BCUT2D eigenvalue weighted by molar-refractivity contribution is 0.112. The first-order chi connectivity index (χ1) is 6.27. The normalized spacial score (nSPS) is 8.77. The van der Waals surface area contributed by atoms with Gasteiger partial charge in [0.1, 0.15) is 0 Å². The highest BCUT2D eigenvalue weighted by Gasteiger charge is 1.98. The van der Waals surface area contributed by atoms with E-state index in [1.807, 2.05) is 0 Å². The van der Waals surface area contributed by atoms with Gasteiger partial charge in [-0.3, -0.25) is 4.79 Å². The SMILES string of the molecule is O=Cc1cc(C#CCBr)ccc1Cl. The minimum Gasteiger partial charge on any atom is -0.298 e. The van der Waals surface area contributed by atoms with Crippen LogP contribution in [0.2, 0.25) is 5.02 Å². The van der Waals surface area contributed by atoms with Crippen LogP contribution in [-0.4, -0.2) is 11.6 Å². The number of hydrogen-bond acceptors (Lipinski definition) is 1. The third-order valence-corrected chi connectivity index (χ3v) is 2.05. The molecule has 0 aliphatic carbocycles. The first-order valence-electron chi connectivity index (χ1n) is 3.57. The number of rotatable bonds is 1. The minimum absolute atomic E-state index is 0.458. The summed E-state index contributed by atoms with van der Waals surface area (Å²) >= 11 is 8.93. The molecule has 1 aromatic carbocycles. The van der Waals surface area contributed by atoms with Crippen molar-refractivity contribution in [1.82, 2.24) is 0 Å². The van der Waals surface area contributed by atoms with Crippen LogP contribution in [0.3, 0.4) is 0 Å². The Hall–Kier alpha value is -0.780. The van der Waals surface area contributed by atoms with Gasteiger partial charge in [-0.25, -0.2) is 0 Å². The van der Waals surface area contributed by atoms with E-state index in [4.69, 9.17) is 11.6 Å². The summed E-state index contributed by atoms with van der Waals surface area (Å²) in [5.74, 6) is 5.72.